The maximum absolute atomic E-state index is 6.23. The van der Waals surface area contributed by atoms with Crippen molar-refractivity contribution in [1.29, 1.82) is 0 Å². The first-order valence-corrected chi connectivity index (χ1v) is 18.3. The van der Waals surface area contributed by atoms with E-state index in [1.807, 2.05) is 48.5 Å². The van der Waals surface area contributed by atoms with Gasteiger partial charge >= 0.3 is 197 Å². The molecule has 0 aliphatic carbocycles. The number of hydrogen-bond acceptors (Lipinski definition) is 0. The van der Waals surface area contributed by atoms with Gasteiger partial charge in [-0.1, -0.05) is 0 Å². The van der Waals surface area contributed by atoms with Crippen molar-refractivity contribution >= 4 is 80.1 Å². The van der Waals surface area contributed by atoms with Crippen molar-refractivity contribution in [2.45, 2.75) is 0 Å². The van der Waals surface area contributed by atoms with Gasteiger partial charge < -0.3 is 0 Å². The molecule has 0 aliphatic rings. The van der Waals surface area contributed by atoms with Crippen molar-refractivity contribution in [3.63, 3.8) is 0 Å². The number of hydrogen-bond donors (Lipinski definition) is 0. The average molecular weight is 653 g/mol. The molecule has 0 bridgehead atoms. The minimum absolute atomic E-state index is 0.722. The molecule has 0 radical (unpaired) electrons. The van der Waals surface area contributed by atoms with Crippen molar-refractivity contribution in [2.75, 3.05) is 0 Å². The third kappa shape index (κ3) is 4.24. The predicted molar refractivity (Wildman–Crippen MR) is 130 cm³/mol. The summed E-state index contributed by atoms with van der Waals surface area (Å²) < 4.78 is 5.20. The summed E-state index contributed by atoms with van der Waals surface area (Å²) >= 11 is 21.1. The van der Waals surface area contributed by atoms with Crippen LogP contribution in [-0.2, 0) is 0 Å². The second kappa shape index (κ2) is 8.99. The molecule has 0 fully saturated rings. The Morgan fingerprint density at radius 3 is 0.655 bits per heavy atom. The van der Waals surface area contributed by atoms with E-state index in [4.69, 9.17) is 46.4 Å². The normalized spacial score (nSPS) is 11.4. The van der Waals surface area contributed by atoms with Crippen LogP contribution >= 0.6 is 46.4 Å². The summed E-state index contributed by atoms with van der Waals surface area (Å²) in [6.45, 7) is 0. The van der Waals surface area contributed by atoms with Crippen LogP contribution in [0.15, 0.2) is 97.1 Å². The van der Waals surface area contributed by atoms with E-state index in [1.54, 1.807) is 0 Å². The first kappa shape index (κ1) is 21.2. The molecular formula is C24H16Cl4Pb. The maximum atomic E-state index is 6.23. The number of rotatable bonds is 4. The van der Waals surface area contributed by atoms with E-state index >= 15 is 0 Å². The molecule has 0 heterocycles. The van der Waals surface area contributed by atoms with Crippen LogP contribution in [0.1, 0.15) is 0 Å². The molecule has 4 aromatic rings. The fourth-order valence-electron chi connectivity index (χ4n) is 3.80. The molecule has 0 unspecified atom stereocenters. The quantitative estimate of drug-likeness (QED) is 0.249. The summed E-state index contributed by atoms with van der Waals surface area (Å²) in [7, 11) is 0. The van der Waals surface area contributed by atoms with Crippen LogP contribution in [0.3, 0.4) is 0 Å². The molecule has 0 amide bonds. The third-order valence-electron chi connectivity index (χ3n) is 5.11. The Morgan fingerprint density at radius 1 is 0.310 bits per heavy atom. The van der Waals surface area contributed by atoms with E-state index in [9.17, 15) is 0 Å². The third-order valence-corrected chi connectivity index (χ3v) is 24.8. The SMILES string of the molecule is Clc1cc[c]([Pb]([c]2ccc(Cl)cc2)([c]2ccc(Cl)cc2)[c]2ccc(Cl)cc2)cc1. The Bertz CT molecular complexity index is 916. The van der Waals surface area contributed by atoms with Gasteiger partial charge in [-0.2, -0.15) is 0 Å². The van der Waals surface area contributed by atoms with Crippen LogP contribution in [0, 0.1) is 0 Å². The van der Waals surface area contributed by atoms with Gasteiger partial charge in [0, 0.05) is 0 Å². The summed E-state index contributed by atoms with van der Waals surface area (Å²) in [6, 6.07) is 33.0. The van der Waals surface area contributed by atoms with Crippen molar-refractivity contribution in [1.82, 2.24) is 0 Å². The summed E-state index contributed by atoms with van der Waals surface area (Å²) in [6.07, 6.45) is 0. The fourth-order valence-corrected chi connectivity index (χ4v) is 22.4. The van der Waals surface area contributed by atoms with Crippen LogP contribution in [0.4, 0.5) is 0 Å². The second-order valence-electron chi connectivity index (χ2n) is 6.78. The molecule has 4 aromatic carbocycles. The first-order valence-electron chi connectivity index (χ1n) is 9.04. The zero-order valence-corrected chi connectivity index (χ0v) is 22.2. The van der Waals surface area contributed by atoms with Crippen LogP contribution in [0.5, 0.6) is 0 Å². The number of benzene rings is 4. The average Bonchev–Trinajstić information content (AvgIpc) is 2.73. The van der Waals surface area contributed by atoms with Gasteiger partial charge in [0.15, 0.2) is 0 Å². The van der Waals surface area contributed by atoms with Gasteiger partial charge in [0.05, 0.1) is 0 Å². The summed E-state index contributed by atoms with van der Waals surface area (Å²) in [5.41, 5.74) is 0. The molecule has 5 heteroatoms. The molecule has 0 N–H and O–H groups in total. The van der Waals surface area contributed by atoms with Gasteiger partial charge in [-0.15, -0.1) is 0 Å². The van der Waals surface area contributed by atoms with E-state index in [2.05, 4.69) is 48.5 Å². The molecule has 0 saturated carbocycles. The number of halogens is 4. The van der Waals surface area contributed by atoms with Crippen molar-refractivity contribution < 1.29 is 0 Å². The van der Waals surface area contributed by atoms with E-state index in [1.165, 1.54) is 12.5 Å². The zero-order valence-electron chi connectivity index (χ0n) is 15.2. The minimum atomic E-state index is -3.85. The molecule has 4 rings (SSSR count). The Morgan fingerprint density at radius 2 is 0.483 bits per heavy atom. The standard InChI is InChI=1S/4C6H4Cl.Pb/c4*7-6-4-2-1-3-5-6;/h4*2-5H;. The van der Waals surface area contributed by atoms with Crippen molar-refractivity contribution in [3.05, 3.63) is 117 Å². The molecule has 0 nitrogen and oxygen atoms in total. The van der Waals surface area contributed by atoms with E-state index in [0.717, 1.165) is 20.1 Å². The van der Waals surface area contributed by atoms with Gasteiger partial charge in [0.2, 0.25) is 0 Å². The topological polar surface area (TPSA) is 0 Å². The molecule has 0 aromatic heterocycles. The molecule has 0 atom stereocenters. The van der Waals surface area contributed by atoms with Crippen LogP contribution in [0.2, 0.25) is 20.1 Å². The van der Waals surface area contributed by atoms with Gasteiger partial charge in [-0.25, -0.2) is 0 Å². The van der Waals surface area contributed by atoms with Crippen LogP contribution in [-0.4, -0.2) is 21.2 Å². The van der Waals surface area contributed by atoms with Crippen molar-refractivity contribution in [3.8, 4) is 0 Å². The first-order chi connectivity index (χ1) is 14.0. The Kier molecular flexibility index (Phi) is 6.57. The monoisotopic (exact) mass is 652 g/mol. The van der Waals surface area contributed by atoms with Gasteiger partial charge in [-0.05, 0) is 0 Å². The van der Waals surface area contributed by atoms with Crippen molar-refractivity contribution in [2.24, 2.45) is 0 Å². The molecule has 29 heavy (non-hydrogen) atoms. The van der Waals surface area contributed by atoms with Crippen LogP contribution in [0.25, 0.3) is 0 Å². The Hall–Kier alpha value is -1.04. The van der Waals surface area contributed by atoms with E-state index in [0.29, 0.717) is 0 Å². The van der Waals surface area contributed by atoms with E-state index in [-0.39, 0.29) is 0 Å². The summed E-state index contributed by atoms with van der Waals surface area (Å²) in [5, 5.41) is 2.89. The van der Waals surface area contributed by atoms with Gasteiger partial charge in [-0.3, -0.25) is 0 Å². The zero-order chi connectivity index (χ0) is 20.4. The molecule has 0 saturated heterocycles. The summed E-state index contributed by atoms with van der Waals surface area (Å²) in [4.78, 5) is 0. The molecule has 144 valence electrons. The fraction of sp³-hybridized carbons (Fsp3) is 0. The molecular weight excluding hydrogens is 637 g/mol. The van der Waals surface area contributed by atoms with Crippen LogP contribution < -0.4 is 12.5 Å². The van der Waals surface area contributed by atoms with Gasteiger partial charge in [0.25, 0.3) is 0 Å². The summed E-state index contributed by atoms with van der Waals surface area (Å²) in [5.74, 6) is 0. The molecule has 0 aliphatic heterocycles. The van der Waals surface area contributed by atoms with E-state index < -0.39 is 21.2 Å². The Labute approximate surface area is 195 Å². The van der Waals surface area contributed by atoms with Gasteiger partial charge in [0.1, 0.15) is 0 Å². The predicted octanol–water partition coefficient (Wildman–Crippen LogP) is 5.68. The Balaban J connectivity index is 2.11. The second-order valence-corrected chi connectivity index (χ2v) is 23.3. The molecule has 0 spiro atoms.